The summed E-state index contributed by atoms with van der Waals surface area (Å²) in [6.45, 7) is 6.18. The van der Waals surface area contributed by atoms with Gasteiger partial charge in [-0.25, -0.2) is 0 Å². The summed E-state index contributed by atoms with van der Waals surface area (Å²) in [5.41, 5.74) is 4.09. The second-order valence-electron chi connectivity index (χ2n) is 7.83. The van der Waals surface area contributed by atoms with E-state index in [4.69, 9.17) is 10.1 Å². The number of amidine groups is 2. The number of hydrogen-bond donors (Lipinski definition) is 1. The maximum atomic E-state index is 12.8. The zero-order valence-corrected chi connectivity index (χ0v) is 19.6. The minimum absolute atomic E-state index is 0.0733. The lowest BCUT2D eigenvalue weighted by Crippen LogP contribution is -2.35. The first-order chi connectivity index (χ1) is 15.4. The van der Waals surface area contributed by atoms with Gasteiger partial charge in [-0.2, -0.15) is 15.1 Å². The van der Waals surface area contributed by atoms with E-state index in [9.17, 15) is 4.79 Å². The van der Waals surface area contributed by atoms with Gasteiger partial charge in [0.25, 0.3) is 5.91 Å². The van der Waals surface area contributed by atoms with Crippen LogP contribution >= 0.6 is 11.8 Å². The first-order valence-electron chi connectivity index (χ1n) is 10.8. The number of carbonyl (C=O) groups is 1. The highest BCUT2D eigenvalue weighted by atomic mass is 32.2. The van der Waals surface area contributed by atoms with Crippen molar-refractivity contribution in [3.05, 3.63) is 52.9 Å². The van der Waals surface area contributed by atoms with Gasteiger partial charge in [-0.15, -0.1) is 0 Å². The third-order valence-electron chi connectivity index (χ3n) is 5.57. The molecule has 0 radical (unpaired) electrons. The van der Waals surface area contributed by atoms with Crippen LogP contribution in [0.15, 0.2) is 46.0 Å². The zero-order valence-electron chi connectivity index (χ0n) is 18.8. The van der Waals surface area contributed by atoms with E-state index in [0.717, 1.165) is 59.1 Å². The van der Waals surface area contributed by atoms with E-state index in [-0.39, 0.29) is 11.4 Å². The van der Waals surface area contributed by atoms with E-state index in [1.54, 1.807) is 13.2 Å². The lowest BCUT2D eigenvalue weighted by atomic mass is 10.1. The molecule has 0 aliphatic carbocycles. The predicted octanol–water partition coefficient (Wildman–Crippen LogP) is 5.30. The van der Waals surface area contributed by atoms with Gasteiger partial charge in [0.2, 0.25) is 5.17 Å². The number of aliphatic imine (C=N–C) groups is 1. The van der Waals surface area contributed by atoms with Gasteiger partial charge in [-0.3, -0.25) is 10.2 Å². The van der Waals surface area contributed by atoms with Crippen LogP contribution in [0.25, 0.3) is 11.8 Å². The molecule has 1 amide bonds. The number of hydrazone groups is 1. The number of methoxy groups -OCH3 is 1. The number of aryl methyl sites for hydroxylation is 1. The number of amides is 1. The second kappa shape index (κ2) is 9.16. The van der Waals surface area contributed by atoms with Gasteiger partial charge in [0.15, 0.2) is 5.84 Å². The van der Waals surface area contributed by atoms with Crippen LogP contribution < -0.4 is 4.74 Å². The van der Waals surface area contributed by atoms with E-state index >= 15 is 0 Å². The zero-order chi connectivity index (χ0) is 22.8. The molecule has 0 spiro atoms. The fourth-order valence-electron chi connectivity index (χ4n) is 3.90. The van der Waals surface area contributed by atoms with Crippen LogP contribution in [0.1, 0.15) is 49.6 Å². The number of rotatable bonds is 7. The van der Waals surface area contributed by atoms with Gasteiger partial charge in [-0.1, -0.05) is 25.8 Å². The summed E-state index contributed by atoms with van der Waals surface area (Å²) < 4.78 is 7.47. The third-order valence-corrected chi connectivity index (χ3v) is 6.54. The molecular formula is C24H27N5O2S. The number of nitrogens with one attached hydrogen (secondary N) is 1. The van der Waals surface area contributed by atoms with Crippen LogP contribution in [-0.2, 0) is 4.79 Å². The molecule has 0 fully saturated rings. The predicted molar refractivity (Wildman–Crippen MR) is 131 cm³/mol. The molecule has 0 unspecified atom stereocenters. The molecule has 2 aliphatic rings. The standard InChI is InChI=1S/C24H27N5O2S/c1-5-6-7-11-21-27-29-22(25)20(23(30)26-24(29)32-21)13-17-12-15(2)28(16(17)3)18-9-8-10-19(14-18)31-4/h8-10,12-14,25H,5-7,11H2,1-4H3/b20-13+,25-22?. The Morgan fingerprint density at radius 1 is 1.22 bits per heavy atom. The molecule has 32 heavy (non-hydrogen) atoms. The molecule has 166 valence electrons. The van der Waals surface area contributed by atoms with E-state index in [1.807, 2.05) is 44.2 Å². The van der Waals surface area contributed by atoms with Gasteiger partial charge < -0.3 is 9.30 Å². The first-order valence-corrected chi connectivity index (χ1v) is 11.6. The molecule has 1 aromatic heterocycles. The van der Waals surface area contributed by atoms with Crippen molar-refractivity contribution in [3.8, 4) is 11.4 Å². The van der Waals surface area contributed by atoms with Crippen molar-refractivity contribution in [2.45, 2.75) is 46.5 Å². The number of fused-ring (bicyclic) bond motifs is 1. The number of hydrogen-bond acceptors (Lipinski definition) is 5. The van der Waals surface area contributed by atoms with Crippen molar-refractivity contribution >= 4 is 39.8 Å². The molecule has 2 aromatic rings. The number of nitrogens with zero attached hydrogens (tertiary/aromatic N) is 4. The molecule has 0 saturated carbocycles. The topological polar surface area (TPSA) is 83.0 Å². The molecule has 0 bridgehead atoms. The Kier molecular flexibility index (Phi) is 6.32. The fourth-order valence-corrected chi connectivity index (χ4v) is 4.82. The lowest BCUT2D eigenvalue weighted by molar-refractivity contribution is -0.114. The molecule has 1 aromatic carbocycles. The minimum Gasteiger partial charge on any atom is -0.497 e. The highest BCUT2D eigenvalue weighted by molar-refractivity contribution is 8.26. The summed E-state index contributed by atoms with van der Waals surface area (Å²) in [6.07, 6.45) is 5.91. The lowest BCUT2D eigenvalue weighted by Gasteiger charge is -2.20. The Morgan fingerprint density at radius 3 is 2.78 bits per heavy atom. The highest BCUT2D eigenvalue weighted by Gasteiger charge is 2.35. The number of benzene rings is 1. The SMILES string of the molecule is CCCCCC1=NN2C(=N)/C(=C\c3cc(C)n(-c4cccc(OC)c4)c3C)C(=O)N=C2S1. The van der Waals surface area contributed by atoms with Crippen LogP contribution in [0.5, 0.6) is 5.75 Å². The van der Waals surface area contributed by atoms with Crippen LogP contribution in [0, 0.1) is 19.3 Å². The van der Waals surface area contributed by atoms with E-state index < -0.39 is 5.91 Å². The number of unbranched alkanes of at least 4 members (excludes halogenated alkanes) is 2. The molecule has 3 heterocycles. The summed E-state index contributed by atoms with van der Waals surface area (Å²) in [6, 6.07) is 9.85. The van der Waals surface area contributed by atoms with Crippen LogP contribution in [-0.4, -0.2) is 38.6 Å². The quantitative estimate of drug-likeness (QED) is 0.459. The summed E-state index contributed by atoms with van der Waals surface area (Å²) in [5.74, 6) is 0.453. The van der Waals surface area contributed by atoms with E-state index in [1.165, 1.54) is 16.8 Å². The summed E-state index contributed by atoms with van der Waals surface area (Å²) in [7, 11) is 1.65. The Labute approximate surface area is 192 Å². The molecule has 1 N–H and O–H groups in total. The molecule has 8 heteroatoms. The first kappa shape index (κ1) is 22.1. The average Bonchev–Trinajstić information content (AvgIpc) is 3.31. The number of ether oxygens (including phenoxy) is 1. The average molecular weight is 450 g/mol. The Morgan fingerprint density at radius 2 is 2.03 bits per heavy atom. The normalized spacial score (nSPS) is 17.0. The Bertz CT molecular complexity index is 1180. The van der Waals surface area contributed by atoms with Gasteiger partial charge in [0.05, 0.1) is 12.7 Å². The molecular weight excluding hydrogens is 422 g/mol. The number of thioether (sulfide) groups is 1. The summed E-state index contributed by atoms with van der Waals surface area (Å²) >= 11 is 1.39. The highest BCUT2D eigenvalue weighted by Crippen LogP contribution is 2.31. The van der Waals surface area contributed by atoms with Crippen molar-refractivity contribution in [3.63, 3.8) is 0 Å². The maximum absolute atomic E-state index is 12.8. The van der Waals surface area contributed by atoms with Gasteiger partial charge in [0, 0.05) is 23.1 Å². The van der Waals surface area contributed by atoms with Gasteiger partial charge in [0.1, 0.15) is 10.8 Å². The van der Waals surface area contributed by atoms with Crippen LogP contribution in [0.2, 0.25) is 0 Å². The molecule has 4 rings (SSSR count). The fraction of sp³-hybridized carbons (Fsp3) is 0.333. The largest absolute Gasteiger partial charge is 0.497 e. The molecule has 7 nitrogen and oxygen atoms in total. The maximum Gasteiger partial charge on any atom is 0.283 e. The second-order valence-corrected chi connectivity index (χ2v) is 8.87. The molecule has 0 saturated heterocycles. The molecule has 2 aliphatic heterocycles. The van der Waals surface area contributed by atoms with Crippen molar-refractivity contribution in [1.29, 1.82) is 5.41 Å². The van der Waals surface area contributed by atoms with E-state index in [0.29, 0.717) is 5.17 Å². The van der Waals surface area contributed by atoms with Gasteiger partial charge in [-0.05, 0) is 68.3 Å². The van der Waals surface area contributed by atoms with Crippen LogP contribution in [0.4, 0.5) is 0 Å². The molecule has 0 atom stereocenters. The monoisotopic (exact) mass is 449 g/mol. The van der Waals surface area contributed by atoms with Crippen molar-refractivity contribution in [2.24, 2.45) is 10.1 Å². The van der Waals surface area contributed by atoms with Crippen molar-refractivity contribution in [2.75, 3.05) is 7.11 Å². The Balaban J connectivity index is 1.65. The third kappa shape index (κ3) is 4.14. The summed E-state index contributed by atoms with van der Waals surface area (Å²) in [5, 5.41) is 16.0. The van der Waals surface area contributed by atoms with Crippen molar-refractivity contribution in [1.82, 2.24) is 9.58 Å². The minimum atomic E-state index is -0.398. The number of carbonyl (C=O) groups excluding carboxylic acids is 1. The smallest absolute Gasteiger partial charge is 0.283 e. The van der Waals surface area contributed by atoms with Gasteiger partial charge >= 0.3 is 0 Å². The number of aromatic nitrogens is 1. The van der Waals surface area contributed by atoms with Crippen LogP contribution in [0.3, 0.4) is 0 Å². The summed E-state index contributed by atoms with van der Waals surface area (Å²) in [4.78, 5) is 17.0. The Hall–Kier alpha value is -3.13. The van der Waals surface area contributed by atoms with E-state index in [2.05, 4.69) is 21.6 Å². The van der Waals surface area contributed by atoms with Crippen molar-refractivity contribution < 1.29 is 9.53 Å².